The van der Waals surface area contributed by atoms with E-state index in [4.69, 9.17) is 5.41 Å². The van der Waals surface area contributed by atoms with E-state index >= 15 is 0 Å². The molecular weight excluding hydrogens is 194 g/mol. The van der Waals surface area contributed by atoms with E-state index in [2.05, 4.69) is 11.7 Å². The third-order valence-electron chi connectivity index (χ3n) is 2.10. The molecular formula is C11H21NO3. The first-order valence-corrected chi connectivity index (χ1v) is 5.54. The molecule has 0 aromatic rings. The van der Waals surface area contributed by atoms with Gasteiger partial charge in [-0.1, -0.05) is 26.2 Å². The fourth-order valence-corrected chi connectivity index (χ4v) is 1.27. The van der Waals surface area contributed by atoms with E-state index in [0.29, 0.717) is 6.42 Å². The topological polar surface area (TPSA) is 70.4 Å². The number of carbonyl (C=O) groups is 1. The highest BCUT2D eigenvalue weighted by molar-refractivity contribution is 6.35. The molecule has 0 rings (SSSR count). The van der Waals surface area contributed by atoms with Crippen LogP contribution in [-0.2, 0) is 9.53 Å². The lowest BCUT2D eigenvalue weighted by molar-refractivity contribution is -0.135. The lowest BCUT2D eigenvalue weighted by Gasteiger charge is -2.10. The summed E-state index contributed by atoms with van der Waals surface area (Å²) in [5.41, 5.74) is -0.138. The number of nitrogens with one attached hydrogen (secondary N) is 1. The largest absolute Gasteiger partial charge is 0.462 e. The van der Waals surface area contributed by atoms with E-state index in [1.807, 2.05) is 0 Å². The van der Waals surface area contributed by atoms with Crippen LogP contribution in [0.15, 0.2) is 0 Å². The summed E-state index contributed by atoms with van der Waals surface area (Å²) in [4.78, 5) is 11.1. The molecule has 0 spiro atoms. The van der Waals surface area contributed by atoms with Crippen LogP contribution in [0.4, 0.5) is 0 Å². The Morgan fingerprint density at radius 2 is 2.07 bits per heavy atom. The van der Waals surface area contributed by atoms with Crippen molar-refractivity contribution in [2.45, 2.75) is 52.1 Å². The Balaban J connectivity index is 3.70. The molecule has 0 aromatic carbocycles. The van der Waals surface area contributed by atoms with Crippen molar-refractivity contribution in [3.05, 3.63) is 0 Å². The number of ether oxygens (including phenoxy) is 1. The van der Waals surface area contributed by atoms with Crippen LogP contribution in [0.3, 0.4) is 0 Å². The van der Waals surface area contributed by atoms with E-state index in [9.17, 15) is 9.90 Å². The maximum Gasteiger partial charge on any atom is 0.352 e. The molecule has 0 saturated carbocycles. The molecule has 0 amide bonds. The van der Waals surface area contributed by atoms with Crippen LogP contribution in [0.25, 0.3) is 0 Å². The first kappa shape index (κ1) is 14.1. The van der Waals surface area contributed by atoms with Crippen molar-refractivity contribution in [3.8, 4) is 0 Å². The minimum absolute atomic E-state index is 0.0997. The molecule has 4 nitrogen and oxygen atoms in total. The van der Waals surface area contributed by atoms with Crippen LogP contribution in [0.1, 0.15) is 46.0 Å². The van der Waals surface area contributed by atoms with Gasteiger partial charge in [-0.05, 0) is 13.3 Å². The van der Waals surface area contributed by atoms with Gasteiger partial charge < -0.3 is 9.84 Å². The molecule has 0 aliphatic carbocycles. The summed E-state index contributed by atoms with van der Waals surface area (Å²) < 4.78 is 4.66. The molecule has 0 aliphatic rings. The molecule has 4 heteroatoms. The van der Waals surface area contributed by atoms with E-state index in [1.165, 1.54) is 0 Å². The van der Waals surface area contributed by atoms with Gasteiger partial charge >= 0.3 is 5.97 Å². The highest BCUT2D eigenvalue weighted by Gasteiger charge is 2.14. The fraction of sp³-hybridized carbons (Fsp3) is 0.818. The van der Waals surface area contributed by atoms with Crippen molar-refractivity contribution in [1.82, 2.24) is 0 Å². The van der Waals surface area contributed by atoms with Gasteiger partial charge in [-0.2, -0.15) is 0 Å². The van der Waals surface area contributed by atoms with Crippen molar-refractivity contribution in [2.24, 2.45) is 0 Å². The number of aliphatic hydroxyl groups excluding tert-OH is 1. The summed E-state index contributed by atoms with van der Waals surface area (Å²) in [5.74, 6) is -0.618. The third-order valence-corrected chi connectivity index (χ3v) is 2.10. The van der Waals surface area contributed by atoms with Gasteiger partial charge in [0, 0.05) is 6.42 Å². The summed E-state index contributed by atoms with van der Waals surface area (Å²) in [6.07, 6.45) is 3.27. The lowest BCUT2D eigenvalue weighted by Crippen LogP contribution is -2.22. The zero-order valence-corrected chi connectivity index (χ0v) is 9.58. The van der Waals surface area contributed by atoms with Gasteiger partial charge in [-0.3, -0.25) is 5.41 Å². The van der Waals surface area contributed by atoms with Crippen LogP contribution < -0.4 is 0 Å². The van der Waals surface area contributed by atoms with Crippen LogP contribution >= 0.6 is 0 Å². The maximum absolute atomic E-state index is 11.1. The fourth-order valence-electron chi connectivity index (χ4n) is 1.27. The highest BCUT2D eigenvalue weighted by Crippen LogP contribution is 2.07. The standard InChI is InChI=1S/C11H21NO3/c1-3-5-6-7-9(13)8-10(12)11(14)15-4-2/h9,12-13H,3-8H2,1-2H3. The average Bonchev–Trinajstić information content (AvgIpc) is 2.18. The van der Waals surface area contributed by atoms with E-state index in [-0.39, 0.29) is 18.7 Å². The van der Waals surface area contributed by atoms with Gasteiger partial charge in [0.1, 0.15) is 5.71 Å². The number of esters is 1. The Morgan fingerprint density at radius 1 is 1.40 bits per heavy atom. The smallest absolute Gasteiger partial charge is 0.352 e. The molecule has 2 N–H and O–H groups in total. The summed E-state index contributed by atoms with van der Waals surface area (Å²) in [6.45, 7) is 4.06. The van der Waals surface area contributed by atoms with Gasteiger partial charge in [0.15, 0.2) is 0 Å². The number of rotatable bonds is 8. The monoisotopic (exact) mass is 215 g/mol. The molecule has 0 fully saturated rings. The second kappa shape index (κ2) is 8.41. The molecule has 0 aliphatic heterocycles. The van der Waals surface area contributed by atoms with Crippen molar-refractivity contribution in [2.75, 3.05) is 6.61 Å². The van der Waals surface area contributed by atoms with E-state index < -0.39 is 12.1 Å². The molecule has 0 heterocycles. The van der Waals surface area contributed by atoms with Crippen molar-refractivity contribution < 1.29 is 14.6 Å². The van der Waals surface area contributed by atoms with Gasteiger partial charge in [0.2, 0.25) is 0 Å². The molecule has 1 atom stereocenters. The summed E-state index contributed by atoms with van der Waals surface area (Å²) in [7, 11) is 0. The van der Waals surface area contributed by atoms with Crippen LogP contribution in [0, 0.1) is 5.41 Å². The van der Waals surface area contributed by atoms with Crippen LogP contribution in [0.2, 0.25) is 0 Å². The predicted molar refractivity (Wildman–Crippen MR) is 59.1 cm³/mol. The van der Waals surface area contributed by atoms with Crippen molar-refractivity contribution in [1.29, 1.82) is 5.41 Å². The van der Waals surface area contributed by atoms with Crippen molar-refractivity contribution in [3.63, 3.8) is 0 Å². The van der Waals surface area contributed by atoms with Crippen molar-refractivity contribution >= 4 is 11.7 Å². The lowest BCUT2D eigenvalue weighted by atomic mass is 10.1. The van der Waals surface area contributed by atoms with E-state index in [1.54, 1.807) is 6.92 Å². The minimum atomic E-state index is -0.618. The van der Waals surface area contributed by atoms with Gasteiger partial charge in [-0.25, -0.2) is 4.79 Å². The molecule has 1 unspecified atom stereocenters. The quantitative estimate of drug-likeness (QED) is 0.369. The summed E-state index contributed by atoms with van der Waals surface area (Å²) >= 11 is 0. The highest BCUT2D eigenvalue weighted by atomic mass is 16.5. The Kier molecular flexibility index (Phi) is 7.91. The number of aliphatic hydroxyl groups is 1. The summed E-state index contributed by atoms with van der Waals surface area (Å²) in [5, 5.41) is 16.9. The second-order valence-corrected chi connectivity index (χ2v) is 3.55. The normalized spacial score (nSPS) is 12.2. The van der Waals surface area contributed by atoms with Crippen LogP contribution in [-0.4, -0.2) is 29.5 Å². The Hall–Kier alpha value is -0.900. The van der Waals surface area contributed by atoms with E-state index in [0.717, 1.165) is 19.3 Å². The number of unbranched alkanes of at least 4 members (excludes halogenated alkanes) is 2. The molecule has 88 valence electrons. The number of hydrogen-bond donors (Lipinski definition) is 2. The Morgan fingerprint density at radius 3 is 2.60 bits per heavy atom. The molecule has 0 radical (unpaired) electrons. The van der Waals surface area contributed by atoms with Gasteiger partial charge in [0.05, 0.1) is 12.7 Å². The SMILES string of the molecule is CCCCCC(O)CC(=N)C(=O)OCC. The van der Waals surface area contributed by atoms with Crippen LogP contribution in [0.5, 0.6) is 0 Å². The number of carbonyl (C=O) groups excluding carboxylic acids is 1. The maximum atomic E-state index is 11.1. The molecule has 0 bridgehead atoms. The Bertz CT molecular complexity index is 204. The third kappa shape index (κ3) is 7.08. The zero-order valence-electron chi connectivity index (χ0n) is 9.58. The number of hydrogen-bond acceptors (Lipinski definition) is 4. The molecule has 0 aromatic heterocycles. The zero-order chi connectivity index (χ0) is 11.7. The first-order valence-electron chi connectivity index (χ1n) is 5.54. The predicted octanol–water partition coefficient (Wildman–Crippen LogP) is 1.90. The van der Waals surface area contributed by atoms with Gasteiger partial charge in [0.25, 0.3) is 0 Å². The molecule has 0 saturated heterocycles. The minimum Gasteiger partial charge on any atom is -0.462 e. The average molecular weight is 215 g/mol. The second-order valence-electron chi connectivity index (χ2n) is 3.55. The first-order chi connectivity index (χ1) is 7.11. The molecule has 15 heavy (non-hydrogen) atoms. The Labute approximate surface area is 91.1 Å². The van der Waals surface area contributed by atoms with Gasteiger partial charge in [-0.15, -0.1) is 0 Å². The summed E-state index contributed by atoms with van der Waals surface area (Å²) in [6, 6.07) is 0.